The summed E-state index contributed by atoms with van der Waals surface area (Å²) in [6.07, 6.45) is 1.71. The van der Waals surface area contributed by atoms with E-state index in [1.807, 2.05) is 30.3 Å². The van der Waals surface area contributed by atoms with Crippen LogP contribution >= 0.6 is 34.8 Å². The highest BCUT2D eigenvalue weighted by Gasteiger charge is 2.51. The van der Waals surface area contributed by atoms with E-state index < -0.39 is 5.41 Å². The fourth-order valence-corrected chi connectivity index (χ4v) is 3.15. The first-order chi connectivity index (χ1) is 10.5. The first-order valence-corrected chi connectivity index (χ1v) is 8.13. The molecule has 0 spiro atoms. The van der Waals surface area contributed by atoms with Gasteiger partial charge in [0.2, 0.25) is 5.91 Å². The molecule has 0 atom stereocenters. The van der Waals surface area contributed by atoms with Crippen LogP contribution in [0.3, 0.4) is 0 Å². The van der Waals surface area contributed by atoms with Crippen LogP contribution in [0.25, 0.3) is 0 Å². The van der Waals surface area contributed by atoms with Crippen molar-refractivity contribution in [2.75, 3.05) is 0 Å². The van der Waals surface area contributed by atoms with Crippen molar-refractivity contribution in [3.05, 3.63) is 68.7 Å². The lowest BCUT2D eigenvalue weighted by molar-refractivity contribution is -0.123. The molecule has 2 aromatic carbocycles. The maximum absolute atomic E-state index is 12.6. The summed E-state index contributed by atoms with van der Waals surface area (Å²) in [5.74, 6) is 0.0286. The summed E-state index contributed by atoms with van der Waals surface area (Å²) in [6, 6.07) is 12.7. The van der Waals surface area contributed by atoms with E-state index in [-0.39, 0.29) is 5.91 Å². The van der Waals surface area contributed by atoms with E-state index in [9.17, 15) is 4.79 Å². The van der Waals surface area contributed by atoms with E-state index in [0.29, 0.717) is 21.6 Å². The molecule has 3 rings (SSSR count). The third-order valence-electron chi connectivity index (χ3n) is 4.04. The first kappa shape index (κ1) is 15.7. The van der Waals surface area contributed by atoms with Crippen LogP contribution in [0.15, 0.2) is 42.5 Å². The molecule has 0 aromatic heterocycles. The number of hydrogen-bond donors (Lipinski definition) is 1. The van der Waals surface area contributed by atoms with E-state index in [4.69, 9.17) is 34.8 Å². The van der Waals surface area contributed by atoms with Crippen LogP contribution in [0.2, 0.25) is 15.1 Å². The first-order valence-electron chi connectivity index (χ1n) is 6.99. The molecule has 0 saturated heterocycles. The monoisotopic (exact) mass is 353 g/mol. The van der Waals surface area contributed by atoms with Gasteiger partial charge in [-0.05, 0) is 48.2 Å². The van der Waals surface area contributed by atoms with Crippen molar-refractivity contribution in [2.24, 2.45) is 0 Å². The maximum atomic E-state index is 12.6. The number of hydrogen-bond acceptors (Lipinski definition) is 1. The Morgan fingerprint density at radius 1 is 1.00 bits per heavy atom. The summed E-state index contributed by atoms with van der Waals surface area (Å²) in [7, 11) is 0. The lowest BCUT2D eigenvalue weighted by Gasteiger charge is -2.16. The molecule has 1 saturated carbocycles. The quantitative estimate of drug-likeness (QED) is 0.823. The largest absolute Gasteiger partial charge is 0.351 e. The van der Waals surface area contributed by atoms with E-state index in [1.165, 1.54) is 0 Å². The van der Waals surface area contributed by atoms with Crippen LogP contribution in [-0.4, -0.2) is 5.91 Å². The molecule has 1 N–H and O–H groups in total. The number of benzene rings is 2. The molecular weight excluding hydrogens is 341 g/mol. The number of halogens is 3. The summed E-state index contributed by atoms with van der Waals surface area (Å²) in [5.41, 5.74) is 1.45. The number of rotatable bonds is 4. The van der Waals surface area contributed by atoms with Gasteiger partial charge in [-0.15, -0.1) is 0 Å². The fraction of sp³-hybridized carbons (Fsp3) is 0.235. The van der Waals surface area contributed by atoms with Crippen LogP contribution in [-0.2, 0) is 16.8 Å². The molecule has 5 heteroatoms. The lowest BCUT2D eigenvalue weighted by Crippen LogP contribution is -2.34. The van der Waals surface area contributed by atoms with Gasteiger partial charge in [-0.2, -0.15) is 0 Å². The van der Waals surface area contributed by atoms with Crippen molar-refractivity contribution in [2.45, 2.75) is 24.8 Å². The summed E-state index contributed by atoms with van der Waals surface area (Å²) in [6.45, 7) is 0.393. The van der Waals surface area contributed by atoms with Gasteiger partial charge >= 0.3 is 0 Å². The fourth-order valence-electron chi connectivity index (χ4n) is 2.55. The Morgan fingerprint density at radius 3 is 2.23 bits per heavy atom. The molecule has 22 heavy (non-hydrogen) atoms. The van der Waals surface area contributed by atoms with Crippen molar-refractivity contribution in [3.8, 4) is 0 Å². The molecule has 0 heterocycles. The van der Waals surface area contributed by atoms with Crippen LogP contribution in [0.4, 0.5) is 0 Å². The van der Waals surface area contributed by atoms with E-state index in [1.54, 1.807) is 12.1 Å². The van der Waals surface area contributed by atoms with Gasteiger partial charge < -0.3 is 5.32 Å². The van der Waals surface area contributed by atoms with Crippen LogP contribution in [0.1, 0.15) is 24.0 Å². The Balaban J connectivity index is 1.70. The number of amides is 1. The van der Waals surface area contributed by atoms with Gasteiger partial charge in [0, 0.05) is 21.6 Å². The van der Waals surface area contributed by atoms with E-state index >= 15 is 0 Å². The third kappa shape index (κ3) is 3.10. The predicted molar refractivity (Wildman–Crippen MR) is 90.7 cm³/mol. The minimum atomic E-state index is -0.413. The summed E-state index contributed by atoms with van der Waals surface area (Å²) >= 11 is 17.9. The second kappa shape index (κ2) is 6.11. The van der Waals surface area contributed by atoms with Crippen LogP contribution in [0.5, 0.6) is 0 Å². The summed E-state index contributed by atoms with van der Waals surface area (Å²) in [4.78, 5) is 12.6. The molecule has 0 bridgehead atoms. The van der Waals surface area contributed by atoms with Gasteiger partial charge in [0.05, 0.1) is 5.41 Å². The summed E-state index contributed by atoms with van der Waals surface area (Å²) < 4.78 is 0. The molecule has 114 valence electrons. The predicted octanol–water partition coefficient (Wildman–Crippen LogP) is 4.99. The van der Waals surface area contributed by atoms with Crippen molar-refractivity contribution in [3.63, 3.8) is 0 Å². The molecule has 0 aliphatic heterocycles. The third-order valence-corrected chi connectivity index (χ3v) is 4.87. The molecular formula is C17H14Cl3NO. The van der Waals surface area contributed by atoms with E-state index in [2.05, 4.69) is 5.32 Å². The molecule has 1 fully saturated rings. The smallest absolute Gasteiger partial charge is 0.230 e. The van der Waals surface area contributed by atoms with Crippen LogP contribution < -0.4 is 5.32 Å². The van der Waals surface area contributed by atoms with E-state index in [0.717, 1.165) is 24.0 Å². The average Bonchev–Trinajstić information content (AvgIpc) is 3.28. The minimum absolute atomic E-state index is 0.0286. The zero-order valence-electron chi connectivity index (χ0n) is 11.7. The normalized spacial score (nSPS) is 15.4. The Morgan fingerprint density at radius 2 is 1.64 bits per heavy atom. The molecule has 2 aromatic rings. The highest BCUT2D eigenvalue weighted by molar-refractivity contribution is 6.35. The van der Waals surface area contributed by atoms with Gasteiger partial charge in [-0.3, -0.25) is 4.79 Å². The SMILES string of the molecule is O=C(NCc1ccc(Cl)cc1Cl)C1(c2ccc(Cl)cc2)CC1. The molecule has 1 aliphatic rings. The average molecular weight is 355 g/mol. The summed E-state index contributed by atoms with van der Waals surface area (Å²) in [5, 5.41) is 4.79. The molecule has 0 radical (unpaired) electrons. The van der Waals surface area contributed by atoms with Gasteiger partial charge in [0.25, 0.3) is 0 Å². The molecule has 0 unspecified atom stereocenters. The van der Waals surface area contributed by atoms with Crippen LogP contribution in [0, 0.1) is 0 Å². The van der Waals surface area contributed by atoms with Crippen molar-refractivity contribution < 1.29 is 4.79 Å². The minimum Gasteiger partial charge on any atom is -0.351 e. The number of carbonyl (C=O) groups excluding carboxylic acids is 1. The number of nitrogens with one attached hydrogen (secondary N) is 1. The Kier molecular flexibility index (Phi) is 4.35. The lowest BCUT2D eigenvalue weighted by atomic mass is 9.95. The Hall–Kier alpha value is -1.22. The van der Waals surface area contributed by atoms with Gasteiger partial charge in [-0.1, -0.05) is 53.0 Å². The number of carbonyl (C=O) groups is 1. The van der Waals surface area contributed by atoms with Crippen molar-refractivity contribution >= 4 is 40.7 Å². The zero-order valence-corrected chi connectivity index (χ0v) is 14.0. The zero-order chi connectivity index (χ0) is 15.7. The van der Waals surface area contributed by atoms with Gasteiger partial charge in [0.15, 0.2) is 0 Å². The molecule has 1 aliphatic carbocycles. The van der Waals surface area contributed by atoms with Crippen molar-refractivity contribution in [1.29, 1.82) is 0 Å². The highest BCUT2D eigenvalue weighted by Crippen LogP contribution is 2.48. The van der Waals surface area contributed by atoms with Crippen molar-refractivity contribution in [1.82, 2.24) is 5.32 Å². The standard InChI is InChI=1S/C17H14Cl3NO/c18-13-5-2-12(3-6-13)17(7-8-17)16(22)21-10-11-1-4-14(19)9-15(11)20/h1-6,9H,7-8,10H2,(H,21,22). The van der Waals surface area contributed by atoms with Gasteiger partial charge in [0.1, 0.15) is 0 Å². The molecule has 1 amide bonds. The highest BCUT2D eigenvalue weighted by atomic mass is 35.5. The topological polar surface area (TPSA) is 29.1 Å². The Bertz CT molecular complexity index is 708. The maximum Gasteiger partial charge on any atom is 0.230 e. The Labute approximate surface area is 144 Å². The second-order valence-electron chi connectivity index (χ2n) is 5.51. The second-order valence-corrected chi connectivity index (χ2v) is 6.79. The van der Waals surface area contributed by atoms with Gasteiger partial charge in [-0.25, -0.2) is 0 Å². The molecule has 2 nitrogen and oxygen atoms in total.